The van der Waals surface area contributed by atoms with Crippen molar-refractivity contribution >= 4 is 18.0 Å². The highest BCUT2D eigenvalue weighted by molar-refractivity contribution is 5.86. The standard InChI is InChI=1S/C24H28N2O6/c1-24(2,31)14-25-22(29)20(11-12-21(27)28)26-23(30)32-13-19-17-9-5-3-7-15(17)16-8-4-6-10-18(16)19/h3-10,19-20,31H,11-14H2,1-2H3,(H,25,29)(H,26,30)(H,27,28). The summed E-state index contributed by atoms with van der Waals surface area (Å²) in [4.78, 5) is 35.9. The summed E-state index contributed by atoms with van der Waals surface area (Å²) < 4.78 is 5.45. The zero-order chi connectivity index (χ0) is 23.3. The van der Waals surface area contributed by atoms with Crippen LogP contribution in [0.1, 0.15) is 43.7 Å². The first-order valence-electron chi connectivity index (χ1n) is 10.5. The van der Waals surface area contributed by atoms with Gasteiger partial charge in [0.05, 0.1) is 5.60 Å². The second-order valence-corrected chi connectivity index (χ2v) is 8.49. The van der Waals surface area contributed by atoms with Gasteiger partial charge in [0.25, 0.3) is 0 Å². The molecule has 8 heteroatoms. The number of amides is 2. The van der Waals surface area contributed by atoms with Crippen molar-refractivity contribution < 1.29 is 29.3 Å². The summed E-state index contributed by atoms with van der Waals surface area (Å²) in [5, 5.41) is 23.7. The number of carboxylic acid groups (broad SMARTS) is 1. The summed E-state index contributed by atoms with van der Waals surface area (Å²) in [5.74, 6) is -1.80. The molecule has 1 aliphatic rings. The molecule has 1 aliphatic carbocycles. The fourth-order valence-corrected chi connectivity index (χ4v) is 3.75. The van der Waals surface area contributed by atoms with Crippen molar-refractivity contribution in [1.82, 2.24) is 10.6 Å². The predicted octanol–water partition coefficient (Wildman–Crippen LogP) is 2.65. The van der Waals surface area contributed by atoms with Gasteiger partial charge in [0, 0.05) is 18.9 Å². The Morgan fingerprint density at radius 3 is 2.12 bits per heavy atom. The second kappa shape index (κ2) is 9.82. The first-order chi connectivity index (χ1) is 15.2. The van der Waals surface area contributed by atoms with Crippen LogP contribution in [-0.2, 0) is 14.3 Å². The number of benzene rings is 2. The summed E-state index contributed by atoms with van der Waals surface area (Å²) in [7, 11) is 0. The van der Waals surface area contributed by atoms with Crippen molar-refractivity contribution in [2.24, 2.45) is 0 Å². The van der Waals surface area contributed by atoms with E-state index in [4.69, 9.17) is 9.84 Å². The highest BCUT2D eigenvalue weighted by atomic mass is 16.5. The van der Waals surface area contributed by atoms with Gasteiger partial charge >= 0.3 is 12.1 Å². The average molecular weight is 440 g/mol. The van der Waals surface area contributed by atoms with Crippen LogP contribution in [0.3, 0.4) is 0 Å². The Morgan fingerprint density at radius 2 is 1.59 bits per heavy atom. The van der Waals surface area contributed by atoms with Crippen LogP contribution in [0.2, 0.25) is 0 Å². The Labute approximate surface area is 186 Å². The molecule has 4 N–H and O–H groups in total. The maximum atomic E-state index is 12.5. The number of rotatable bonds is 9. The molecule has 1 atom stereocenters. The lowest BCUT2D eigenvalue weighted by Gasteiger charge is -2.22. The van der Waals surface area contributed by atoms with Gasteiger partial charge in [-0.05, 0) is 42.5 Å². The van der Waals surface area contributed by atoms with E-state index < -0.39 is 29.6 Å². The minimum Gasteiger partial charge on any atom is -0.481 e. The fourth-order valence-electron chi connectivity index (χ4n) is 3.75. The molecule has 0 saturated carbocycles. The number of carbonyl (C=O) groups is 3. The predicted molar refractivity (Wildman–Crippen MR) is 118 cm³/mol. The molecule has 2 amide bonds. The molecule has 0 bridgehead atoms. The van der Waals surface area contributed by atoms with E-state index in [-0.39, 0.29) is 31.9 Å². The number of nitrogens with one attached hydrogen (secondary N) is 2. The number of aliphatic hydroxyl groups is 1. The molecule has 2 aromatic rings. The maximum absolute atomic E-state index is 12.5. The Hall–Kier alpha value is -3.39. The summed E-state index contributed by atoms with van der Waals surface area (Å²) >= 11 is 0. The molecule has 3 rings (SSSR count). The molecule has 1 unspecified atom stereocenters. The monoisotopic (exact) mass is 440 g/mol. The SMILES string of the molecule is CC(C)(O)CNC(=O)C(CCC(=O)O)NC(=O)OCC1c2ccccc2-c2ccccc21. The largest absolute Gasteiger partial charge is 0.481 e. The highest BCUT2D eigenvalue weighted by Crippen LogP contribution is 2.44. The molecule has 32 heavy (non-hydrogen) atoms. The van der Waals surface area contributed by atoms with Gasteiger partial charge in [-0.3, -0.25) is 9.59 Å². The molecule has 0 radical (unpaired) electrons. The first-order valence-corrected chi connectivity index (χ1v) is 10.5. The third-order valence-corrected chi connectivity index (χ3v) is 5.29. The van der Waals surface area contributed by atoms with Crippen molar-refractivity contribution in [3.63, 3.8) is 0 Å². The van der Waals surface area contributed by atoms with E-state index >= 15 is 0 Å². The molecule has 170 valence electrons. The normalized spacial score (nSPS) is 13.6. The molecular formula is C24H28N2O6. The lowest BCUT2D eigenvalue weighted by atomic mass is 9.98. The minimum absolute atomic E-state index is 0.0399. The van der Waals surface area contributed by atoms with Crippen LogP contribution in [0.15, 0.2) is 48.5 Å². The number of carbonyl (C=O) groups excluding carboxylic acids is 2. The van der Waals surface area contributed by atoms with Crippen LogP contribution in [-0.4, -0.2) is 53.0 Å². The molecule has 0 aromatic heterocycles. The van der Waals surface area contributed by atoms with Gasteiger partial charge in [-0.15, -0.1) is 0 Å². The van der Waals surface area contributed by atoms with E-state index in [9.17, 15) is 19.5 Å². The van der Waals surface area contributed by atoms with E-state index in [2.05, 4.69) is 10.6 Å². The van der Waals surface area contributed by atoms with Crippen molar-refractivity contribution in [1.29, 1.82) is 0 Å². The van der Waals surface area contributed by atoms with Crippen LogP contribution in [0.5, 0.6) is 0 Å². The van der Waals surface area contributed by atoms with E-state index in [1.165, 1.54) is 13.8 Å². The van der Waals surface area contributed by atoms with Gasteiger partial charge in [-0.2, -0.15) is 0 Å². The van der Waals surface area contributed by atoms with E-state index in [0.717, 1.165) is 22.3 Å². The number of carboxylic acids is 1. The minimum atomic E-state index is -1.14. The van der Waals surface area contributed by atoms with E-state index in [0.29, 0.717) is 0 Å². The summed E-state index contributed by atoms with van der Waals surface area (Å²) in [6.07, 6.45) is -1.21. The maximum Gasteiger partial charge on any atom is 0.407 e. The molecule has 0 aliphatic heterocycles. The van der Waals surface area contributed by atoms with Crippen molar-refractivity contribution in [3.8, 4) is 11.1 Å². The summed E-state index contributed by atoms with van der Waals surface area (Å²) in [5.41, 5.74) is 3.18. The Kier molecular flexibility index (Phi) is 7.15. The number of hydrogen-bond acceptors (Lipinski definition) is 5. The van der Waals surface area contributed by atoms with Gasteiger partial charge in [-0.25, -0.2) is 4.79 Å². The second-order valence-electron chi connectivity index (χ2n) is 8.49. The molecule has 0 fully saturated rings. The van der Waals surface area contributed by atoms with Gasteiger partial charge in [0.2, 0.25) is 5.91 Å². The average Bonchev–Trinajstić information content (AvgIpc) is 3.06. The zero-order valence-electron chi connectivity index (χ0n) is 18.1. The molecule has 2 aromatic carbocycles. The smallest absolute Gasteiger partial charge is 0.407 e. The van der Waals surface area contributed by atoms with Gasteiger partial charge in [0.15, 0.2) is 0 Å². The lowest BCUT2D eigenvalue weighted by Crippen LogP contribution is -2.50. The van der Waals surface area contributed by atoms with Crippen LogP contribution < -0.4 is 10.6 Å². The number of alkyl carbamates (subject to hydrolysis) is 1. The molecular weight excluding hydrogens is 412 g/mol. The summed E-state index contributed by atoms with van der Waals surface area (Å²) in [6.45, 7) is 3.09. The van der Waals surface area contributed by atoms with Crippen LogP contribution in [0, 0.1) is 0 Å². The fraction of sp³-hybridized carbons (Fsp3) is 0.375. The molecule has 0 saturated heterocycles. The lowest BCUT2D eigenvalue weighted by molar-refractivity contribution is -0.137. The van der Waals surface area contributed by atoms with Crippen molar-refractivity contribution in [2.75, 3.05) is 13.2 Å². The Morgan fingerprint density at radius 1 is 1.03 bits per heavy atom. The van der Waals surface area contributed by atoms with Crippen molar-refractivity contribution in [3.05, 3.63) is 59.7 Å². The van der Waals surface area contributed by atoms with Gasteiger partial charge in [-0.1, -0.05) is 48.5 Å². The Balaban J connectivity index is 1.65. The number of aliphatic carboxylic acids is 1. The quantitative estimate of drug-likeness (QED) is 0.475. The van der Waals surface area contributed by atoms with E-state index in [1.54, 1.807) is 0 Å². The molecule has 0 spiro atoms. The number of ether oxygens (including phenoxy) is 1. The number of hydrogen-bond donors (Lipinski definition) is 4. The molecule has 8 nitrogen and oxygen atoms in total. The summed E-state index contributed by atoms with van der Waals surface area (Å²) in [6, 6.07) is 14.8. The highest BCUT2D eigenvalue weighted by Gasteiger charge is 2.30. The number of fused-ring (bicyclic) bond motifs is 3. The topological polar surface area (TPSA) is 125 Å². The third-order valence-electron chi connectivity index (χ3n) is 5.29. The van der Waals surface area contributed by atoms with E-state index in [1.807, 2.05) is 48.5 Å². The van der Waals surface area contributed by atoms with Crippen LogP contribution in [0.25, 0.3) is 11.1 Å². The zero-order valence-corrected chi connectivity index (χ0v) is 18.1. The molecule has 0 heterocycles. The third kappa shape index (κ3) is 5.85. The van der Waals surface area contributed by atoms with Gasteiger partial charge < -0.3 is 25.6 Å². The Bertz CT molecular complexity index is 952. The van der Waals surface area contributed by atoms with Crippen LogP contribution >= 0.6 is 0 Å². The van der Waals surface area contributed by atoms with Crippen LogP contribution in [0.4, 0.5) is 4.79 Å². The van der Waals surface area contributed by atoms with Crippen molar-refractivity contribution in [2.45, 2.75) is 44.2 Å². The van der Waals surface area contributed by atoms with Gasteiger partial charge in [0.1, 0.15) is 12.6 Å². The first kappa shape index (κ1) is 23.3.